The first-order chi connectivity index (χ1) is 17.7. The van der Waals surface area contributed by atoms with Gasteiger partial charge in [0, 0.05) is 22.2 Å². The van der Waals surface area contributed by atoms with Gasteiger partial charge in [-0.15, -0.1) is 11.8 Å². The summed E-state index contributed by atoms with van der Waals surface area (Å²) in [4.78, 5) is 44.0. The number of nitrogens with zero attached hydrogens (tertiary/aromatic N) is 2. The Hall–Kier alpha value is -2.88. The highest BCUT2D eigenvalue weighted by molar-refractivity contribution is 8.00. The highest BCUT2D eigenvalue weighted by Crippen LogP contribution is 2.36. The molecule has 2 aromatic rings. The van der Waals surface area contributed by atoms with E-state index in [9.17, 15) is 14.4 Å². The van der Waals surface area contributed by atoms with E-state index in [4.69, 9.17) is 27.9 Å². The van der Waals surface area contributed by atoms with Gasteiger partial charge in [-0.3, -0.25) is 9.59 Å². The van der Waals surface area contributed by atoms with Crippen LogP contribution in [0.5, 0.6) is 0 Å². The number of aromatic nitrogens is 1. The molecule has 0 saturated carbocycles. The third-order valence-electron chi connectivity index (χ3n) is 5.54. The quantitative estimate of drug-likeness (QED) is 0.152. The molecule has 1 aliphatic rings. The fourth-order valence-corrected chi connectivity index (χ4v) is 4.94. The maximum Gasteiger partial charge on any atom is 0.334 e. The standard InChI is InChI=1S/C26H25Cl2FN2O5S/c1-3-10-36-26(34)18-7-5-4-6-17(18)25(33)31(14-16-8-9-23(28)30-13-16)21-12-22(19(27)11-20(21)29)37-15-24(32)35-2/h3,8-9,11-13H,1,4-7,10,14-15H2,2H3. The van der Waals surface area contributed by atoms with Crippen LogP contribution in [0, 0.1) is 5.82 Å². The van der Waals surface area contributed by atoms with Gasteiger partial charge in [-0.1, -0.05) is 41.9 Å². The number of pyridine rings is 1. The molecular formula is C26H25Cl2FN2O5S. The maximum atomic E-state index is 15.3. The van der Waals surface area contributed by atoms with Gasteiger partial charge in [0.25, 0.3) is 5.91 Å². The zero-order valence-electron chi connectivity index (χ0n) is 20.1. The van der Waals surface area contributed by atoms with Crippen LogP contribution in [-0.2, 0) is 30.4 Å². The van der Waals surface area contributed by atoms with Crippen LogP contribution in [-0.4, -0.2) is 42.3 Å². The van der Waals surface area contributed by atoms with E-state index in [2.05, 4.69) is 16.3 Å². The molecule has 1 amide bonds. The summed E-state index contributed by atoms with van der Waals surface area (Å²) in [6.45, 7) is 3.50. The number of hydrogen-bond acceptors (Lipinski definition) is 7. The molecule has 0 N–H and O–H groups in total. The van der Waals surface area contributed by atoms with Gasteiger partial charge in [0.05, 0.1) is 30.1 Å². The van der Waals surface area contributed by atoms with Crippen LogP contribution in [0.4, 0.5) is 10.1 Å². The molecule has 1 aromatic carbocycles. The van der Waals surface area contributed by atoms with E-state index in [1.165, 1.54) is 30.3 Å². The van der Waals surface area contributed by atoms with Crippen LogP contribution in [0.15, 0.2) is 59.2 Å². The summed E-state index contributed by atoms with van der Waals surface area (Å²) < 4.78 is 25.2. The Morgan fingerprint density at radius 2 is 1.92 bits per heavy atom. The van der Waals surface area contributed by atoms with E-state index in [0.717, 1.165) is 24.2 Å². The van der Waals surface area contributed by atoms with Crippen LogP contribution >= 0.6 is 35.0 Å². The normalized spacial score (nSPS) is 13.2. The van der Waals surface area contributed by atoms with E-state index in [0.29, 0.717) is 29.7 Å². The van der Waals surface area contributed by atoms with Crippen molar-refractivity contribution in [2.45, 2.75) is 37.1 Å². The molecule has 0 atom stereocenters. The first kappa shape index (κ1) is 28.7. The molecule has 0 radical (unpaired) electrons. The van der Waals surface area contributed by atoms with Crippen molar-refractivity contribution in [3.63, 3.8) is 0 Å². The molecule has 196 valence electrons. The molecule has 0 fully saturated rings. The van der Waals surface area contributed by atoms with Crippen LogP contribution in [0.2, 0.25) is 10.2 Å². The van der Waals surface area contributed by atoms with Gasteiger partial charge in [0.2, 0.25) is 0 Å². The second kappa shape index (κ2) is 13.6. The molecule has 7 nitrogen and oxygen atoms in total. The average molecular weight is 567 g/mol. The van der Waals surface area contributed by atoms with E-state index >= 15 is 4.39 Å². The molecule has 0 saturated heterocycles. The molecule has 0 aliphatic heterocycles. The summed E-state index contributed by atoms with van der Waals surface area (Å²) in [5.41, 5.74) is 1.06. The molecule has 1 heterocycles. The van der Waals surface area contributed by atoms with Crippen LogP contribution in [0.1, 0.15) is 31.2 Å². The Bertz CT molecular complexity index is 1220. The lowest BCUT2D eigenvalue weighted by atomic mass is 9.90. The zero-order chi connectivity index (χ0) is 26.9. The van der Waals surface area contributed by atoms with E-state index in [1.807, 2.05) is 0 Å². The van der Waals surface area contributed by atoms with Crippen molar-refractivity contribution in [3.05, 3.63) is 75.8 Å². The van der Waals surface area contributed by atoms with Crippen molar-refractivity contribution in [2.75, 3.05) is 24.4 Å². The number of rotatable bonds is 10. The van der Waals surface area contributed by atoms with E-state index < -0.39 is 23.7 Å². The maximum absolute atomic E-state index is 15.3. The summed E-state index contributed by atoms with van der Waals surface area (Å²) in [5, 5.41) is 0.351. The summed E-state index contributed by atoms with van der Waals surface area (Å²) in [5.74, 6) is -2.41. The topological polar surface area (TPSA) is 85.8 Å². The van der Waals surface area contributed by atoms with Gasteiger partial charge in [-0.25, -0.2) is 14.2 Å². The predicted molar refractivity (Wildman–Crippen MR) is 141 cm³/mol. The van der Waals surface area contributed by atoms with E-state index in [1.54, 1.807) is 12.1 Å². The fourth-order valence-electron chi connectivity index (χ4n) is 3.73. The van der Waals surface area contributed by atoms with E-state index in [-0.39, 0.29) is 45.9 Å². The number of hydrogen-bond donors (Lipinski definition) is 0. The number of esters is 2. The smallest absolute Gasteiger partial charge is 0.334 e. The summed E-state index contributed by atoms with van der Waals surface area (Å²) in [6.07, 6.45) is 5.05. The van der Waals surface area contributed by atoms with Gasteiger partial charge in [0.1, 0.15) is 17.6 Å². The van der Waals surface area contributed by atoms with Crippen molar-refractivity contribution >= 4 is 58.5 Å². The lowest BCUT2D eigenvalue weighted by molar-refractivity contribution is -0.138. The molecular weight excluding hydrogens is 542 g/mol. The van der Waals surface area contributed by atoms with Crippen LogP contribution < -0.4 is 4.90 Å². The highest BCUT2D eigenvalue weighted by Gasteiger charge is 2.30. The number of methoxy groups -OCH3 is 1. The Balaban J connectivity index is 2.08. The molecule has 0 spiro atoms. The van der Waals surface area contributed by atoms with Gasteiger partial charge in [-0.05, 0) is 49.4 Å². The second-order valence-corrected chi connectivity index (χ2v) is 9.84. The Labute approximate surface area is 228 Å². The number of ether oxygens (including phenoxy) is 2. The molecule has 1 aromatic heterocycles. The van der Waals surface area contributed by atoms with Gasteiger partial charge in [0.15, 0.2) is 0 Å². The number of carbonyl (C=O) groups is 3. The number of benzene rings is 1. The third-order valence-corrected chi connectivity index (χ3v) is 7.22. The van der Waals surface area contributed by atoms with Gasteiger partial charge in [-0.2, -0.15) is 0 Å². The Morgan fingerprint density at radius 3 is 2.57 bits per heavy atom. The lowest BCUT2D eigenvalue weighted by Crippen LogP contribution is -2.34. The zero-order valence-corrected chi connectivity index (χ0v) is 22.4. The van der Waals surface area contributed by atoms with Crippen LogP contribution in [0.25, 0.3) is 0 Å². The highest BCUT2D eigenvalue weighted by atomic mass is 35.5. The average Bonchev–Trinajstić information content (AvgIpc) is 2.90. The largest absolute Gasteiger partial charge is 0.468 e. The number of carbonyl (C=O) groups excluding carboxylic acids is 3. The van der Waals surface area contributed by atoms with Crippen molar-refractivity contribution < 1.29 is 28.2 Å². The van der Waals surface area contributed by atoms with Crippen molar-refractivity contribution in [3.8, 4) is 0 Å². The minimum absolute atomic E-state index is 0.0105. The minimum atomic E-state index is -0.741. The fraction of sp³-hybridized carbons (Fsp3) is 0.308. The number of amides is 1. The second-order valence-electron chi connectivity index (χ2n) is 8.03. The molecule has 37 heavy (non-hydrogen) atoms. The molecule has 11 heteroatoms. The minimum Gasteiger partial charge on any atom is -0.468 e. The van der Waals surface area contributed by atoms with Crippen LogP contribution in [0.3, 0.4) is 0 Å². The molecule has 1 aliphatic carbocycles. The summed E-state index contributed by atoms with van der Waals surface area (Å²) >= 11 is 13.2. The lowest BCUT2D eigenvalue weighted by Gasteiger charge is -2.28. The monoisotopic (exact) mass is 566 g/mol. The first-order valence-electron chi connectivity index (χ1n) is 11.4. The molecule has 0 unspecified atom stereocenters. The number of thioether (sulfide) groups is 1. The first-order valence-corrected chi connectivity index (χ1v) is 13.1. The predicted octanol–water partition coefficient (Wildman–Crippen LogP) is 5.93. The molecule has 3 rings (SSSR count). The van der Waals surface area contributed by atoms with Gasteiger partial charge >= 0.3 is 11.9 Å². The summed E-state index contributed by atoms with van der Waals surface area (Å²) in [7, 11) is 1.26. The Kier molecular flexibility index (Phi) is 10.5. The van der Waals surface area contributed by atoms with Crippen molar-refractivity contribution in [2.24, 2.45) is 0 Å². The van der Waals surface area contributed by atoms with Crippen molar-refractivity contribution in [1.82, 2.24) is 4.98 Å². The number of halogens is 3. The van der Waals surface area contributed by atoms with Crippen molar-refractivity contribution in [1.29, 1.82) is 0 Å². The third kappa shape index (κ3) is 7.56. The summed E-state index contributed by atoms with van der Waals surface area (Å²) in [6, 6.07) is 5.73. The number of anilines is 1. The Morgan fingerprint density at radius 1 is 1.19 bits per heavy atom. The SMILES string of the molecule is C=CCOC(=O)C1=C(C(=O)N(Cc2ccc(Cl)nc2)c2cc(SCC(=O)OC)c(Cl)cc2F)CCCC1. The molecule has 0 bridgehead atoms. The van der Waals surface area contributed by atoms with Gasteiger partial charge < -0.3 is 14.4 Å².